The molecule has 2 rings (SSSR count). The summed E-state index contributed by atoms with van der Waals surface area (Å²) in [5.74, 6) is 0.803. The van der Waals surface area contributed by atoms with Crippen LogP contribution in [0.3, 0.4) is 0 Å². The largest absolute Gasteiger partial charge is 0.369 e. The third kappa shape index (κ3) is 3.44. The molecular weight excluding hydrogens is 379 g/mol. The molecule has 0 radical (unpaired) electrons. The summed E-state index contributed by atoms with van der Waals surface area (Å²) in [6.07, 6.45) is 3.31. The van der Waals surface area contributed by atoms with Crippen molar-refractivity contribution in [3.63, 3.8) is 0 Å². The maximum atomic E-state index is 6.14. The van der Waals surface area contributed by atoms with E-state index in [-0.39, 0.29) is 6.10 Å². The minimum atomic E-state index is 0.230. The molecule has 88 valence electrons. The number of rotatable bonds is 5. The quantitative estimate of drug-likeness (QED) is 0.517. The highest BCUT2D eigenvalue weighted by atomic mass is 127. The van der Waals surface area contributed by atoms with Crippen LogP contribution in [0.15, 0.2) is 28.7 Å². The molecule has 0 saturated heterocycles. The highest BCUT2D eigenvalue weighted by molar-refractivity contribution is 14.1. The van der Waals surface area contributed by atoms with Crippen molar-refractivity contribution in [2.75, 3.05) is 4.43 Å². The van der Waals surface area contributed by atoms with Crippen LogP contribution in [0.4, 0.5) is 0 Å². The van der Waals surface area contributed by atoms with Crippen LogP contribution in [0.2, 0.25) is 0 Å². The molecule has 16 heavy (non-hydrogen) atoms. The fourth-order valence-electron chi connectivity index (χ4n) is 1.85. The van der Waals surface area contributed by atoms with Crippen LogP contribution in [0.25, 0.3) is 0 Å². The Kier molecular flexibility index (Phi) is 4.67. The molecule has 1 nitrogen and oxygen atoms in total. The van der Waals surface area contributed by atoms with Crippen LogP contribution in [0.5, 0.6) is 0 Å². The number of benzene rings is 1. The maximum absolute atomic E-state index is 6.14. The summed E-state index contributed by atoms with van der Waals surface area (Å²) in [4.78, 5) is 0. The van der Waals surface area contributed by atoms with Gasteiger partial charge in [0, 0.05) is 8.90 Å². The van der Waals surface area contributed by atoms with Gasteiger partial charge in [0.05, 0.1) is 12.2 Å². The Balaban J connectivity index is 2.03. The van der Waals surface area contributed by atoms with E-state index in [4.69, 9.17) is 4.74 Å². The Hall–Kier alpha value is 0.390. The minimum Gasteiger partial charge on any atom is -0.369 e. The first-order chi connectivity index (χ1) is 7.70. The molecule has 3 heteroatoms. The number of hydrogen-bond donors (Lipinski definition) is 0. The van der Waals surface area contributed by atoms with Crippen LogP contribution in [-0.4, -0.2) is 10.5 Å². The topological polar surface area (TPSA) is 9.23 Å². The molecule has 0 heterocycles. The van der Waals surface area contributed by atoms with Crippen molar-refractivity contribution < 1.29 is 4.74 Å². The van der Waals surface area contributed by atoms with Crippen molar-refractivity contribution in [2.45, 2.75) is 32.0 Å². The van der Waals surface area contributed by atoms with Crippen molar-refractivity contribution in [3.8, 4) is 0 Å². The van der Waals surface area contributed by atoms with Crippen LogP contribution in [-0.2, 0) is 4.74 Å². The molecule has 0 bridgehead atoms. The second kappa shape index (κ2) is 5.83. The van der Waals surface area contributed by atoms with Gasteiger partial charge in [0.15, 0.2) is 0 Å². The molecule has 1 aromatic rings. The second-order valence-electron chi connectivity index (χ2n) is 4.38. The van der Waals surface area contributed by atoms with E-state index in [0.29, 0.717) is 6.10 Å². The maximum Gasteiger partial charge on any atom is 0.0918 e. The van der Waals surface area contributed by atoms with Gasteiger partial charge in [-0.1, -0.05) is 50.7 Å². The number of alkyl halides is 1. The Labute approximate surface area is 119 Å². The molecule has 0 spiro atoms. The summed E-state index contributed by atoms with van der Waals surface area (Å²) >= 11 is 5.91. The second-order valence-corrected chi connectivity index (χ2v) is 6.17. The van der Waals surface area contributed by atoms with Gasteiger partial charge in [0.25, 0.3) is 0 Å². The lowest BCUT2D eigenvalue weighted by atomic mass is 10.1. The van der Waals surface area contributed by atoms with Gasteiger partial charge in [-0.15, -0.1) is 0 Å². The molecule has 0 aliphatic heterocycles. The lowest BCUT2D eigenvalue weighted by Crippen LogP contribution is -2.16. The predicted molar refractivity (Wildman–Crippen MR) is 79.0 cm³/mol. The highest BCUT2D eigenvalue weighted by Gasteiger charge is 2.30. The van der Waals surface area contributed by atoms with Gasteiger partial charge in [0.1, 0.15) is 0 Å². The van der Waals surface area contributed by atoms with Crippen molar-refractivity contribution in [1.82, 2.24) is 0 Å². The molecule has 1 saturated carbocycles. The number of halogens is 2. The molecule has 2 unspecified atom stereocenters. The van der Waals surface area contributed by atoms with Gasteiger partial charge in [0.2, 0.25) is 0 Å². The van der Waals surface area contributed by atoms with E-state index < -0.39 is 0 Å². The molecule has 2 atom stereocenters. The average molecular weight is 395 g/mol. The predicted octanol–water partition coefficient (Wildman–Crippen LogP) is 4.74. The van der Waals surface area contributed by atoms with Gasteiger partial charge in [-0.3, -0.25) is 0 Å². The summed E-state index contributed by atoms with van der Waals surface area (Å²) in [6, 6.07) is 8.43. The normalized spacial score (nSPS) is 19.4. The Morgan fingerprint density at radius 1 is 1.50 bits per heavy atom. The number of ether oxygens (including phenoxy) is 1. The minimum absolute atomic E-state index is 0.230. The lowest BCUT2D eigenvalue weighted by Gasteiger charge is -2.21. The first-order valence-electron chi connectivity index (χ1n) is 5.67. The molecule has 0 aromatic heterocycles. The van der Waals surface area contributed by atoms with Crippen LogP contribution in [0.1, 0.15) is 31.4 Å². The van der Waals surface area contributed by atoms with Gasteiger partial charge in [-0.05, 0) is 43.4 Å². The smallest absolute Gasteiger partial charge is 0.0918 e. The monoisotopic (exact) mass is 394 g/mol. The zero-order chi connectivity index (χ0) is 11.5. The van der Waals surface area contributed by atoms with Crippen molar-refractivity contribution in [2.24, 2.45) is 5.92 Å². The SMILES string of the molecule is CC(OC(CI)c1cccc(Br)c1)C1CC1. The van der Waals surface area contributed by atoms with Gasteiger partial charge >= 0.3 is 0 Å². The third-order valence-electron chi connectivity index (χ3n) is 3.03. The van der Waals surface area contributed by atoms with E-state index in [0.717, 1.165) is 14.8 Å². The van der Waals surface area contributed by atoms with E-state index in [2.05, 4.69) is 69.7 Å². The number of hydrogen-bond acceptors (Lipinski definition) is 1. The molecule has 1 fully saturated rings. The third-order valence-corrected chi connectivity index (χ3v) is 4.32. The molecule has 1 aliphatic carbocycles. The Morgan fingerprint density at radius 2 is 2.25 bits per heavy atom. The van der Waals surface area contributed by atoms with Gasteiger partial charge in [-0.25, -0.2) is 0 Å². The summed E-state index contributed by atoms with van der Waals surface area (Å²) in [5, 5.41) is 0. The van der Waals surface area contributed by atoms with Crippen molar-refractivity contribution in [3.05, 3.63) is 34.3 Å². The highest BCUT2D eigenvalue weighted by Crippen LogP contribution is 2.37. The van der Waals surface area contributed by atoms with Gasteiger partial charge < -0.3 is 4.74 Å². The summed E-state index contributed by atoms with van der Waals surface area (Å²) < 4.78 is 8.27. The van der Waals surface area contributed by atoms with E-state index in [1.54, 1.807) is 0 Å². The molecular formula is C13H16BrIO. The zero-order valence-electron chi connectivity index (χ0n) is 9.33. The van der Waals surface area contributed by atoms with E-state index in [9.17, 15) is 0 Å². The van der Waals surface area contributed by atoms with Crippen LogP contribution in [0, 0.1) is 5.92 Å². The molecule has 1 aliphatic rings. The lowest BCUT2D eigenvalue weighted by molar-refractivity contribution is -0.000645. The Bertz CT molecular complexity index is 352. The fraction of sp³-hybridized carbons (Fsp3) is 0.538. The van der Waals surface area contributed by atoms with Crippen LogP contribution >= 0.6 is 38.5 Å². The van der Waals surface area contributed by atoms with E-state index >= 15 is 0 Å². The van der Waals surface area contributed by atoms with Gasteiger partial charge in [-0.2, -0.15) is 0 Å². The Morgan fingerprint density at radius 3 is 2.81 bits per heavy atom. The first kappa shape index (κ1) is 12.8. The molecule has 1 aromatic carbocycles. The molecule has 0 amide bonds. The summed E-state index contributed by atoms with van der Waals surface area (Å²) in [5.41, 5.74) is 1.27. The fourth-order valence-corrected chi connectivity index (χ4v) is 2.98. The van der Waals surface area contributed by atoms with Crippen molar-refractivity contribution >= 4 is 38.5 Å². The average Bonchev–Trinajstić information content (AvgIpc) is 3.09. The summed E-state index contributed by atoms with van der Waals surface area (Å²) in [7, 11) is 0. The van der Waals surface area contributed by atoms with E-state index in [1.165, 1.54) is 18.4 Å². The molecule has 0 N–H and O–H groups in total. The van der Waals surface area contributed by atoms with E-state index in [1.807, 2.05) is 0 Å². The zero-order valence-corrected chi connectivity index (χ0v) is 13.1. The standard InChI is InChI=1S/C13H16BrIO/c1-9(10-5-6-10)16-13(8-15)11-3-2-4-12(14)7-11/h2-4,7,9-10,13H,5-6,8H2,1H3. The summed E-state index contributed by atoms with van der Waals surface area (Å²) in [6.45, 7) is 2.20. The first-order valence-corrected chi connectivity index (χ1v) is 7.99. The van der Waals surface area contributed by atoms with Crippen LogP contribution < -0.4 is 0 Å². The van der Waals surface area contributed by atoms with Crippen molar-refractivity contribution in [1.29, 1.82) is 0 Å².